The van der Waals surface area contributed by atoms with Crippen LogP contribution in [0.15, 0.2) is 23.1 Å². The monoisotopic (exact) mass is 308 g/mol. The minimum Gasteiger partial charge on any atom is -0.392 e. The molecular weight excluding hydrogens is 294 g/mol. The van der Waals surface area contributed by atoms with Gasteiger partial charge in [0.15, 0.2) is 0 Å². The van der Waals surface area contributed by atoms with E-state index >= 15 is 0 Å². The van der Waals surface area contributed by atoms with Crippen LogP contribution in [0.3, 0.4) is 0 Å². The molecule has 1 atom stereocenters. The van der Waals surface area contributed by atoms with Crippen LogP contribution < -0.4 is 10.5 Å². The minimum absolute atomic E-state index is 0.0598. The van der Waals surface area contributed by atoms with E-state index in [1.165, 1.54) is 0 Å². The molecule has 8 heteroatoms. The van der Waals surface area contributed by atoms with Crippen LogP contribution >= 0.6 is 12.2 Å². The molecule has 3 N–H and O–H groups in total. The highest BCUT2D eigenvalue weighted by Crippen LogP contribution is 2.17. The van der Waals surface area contributed by atoms with Crippen LogP contribution in [0.2, 0.25) is 0 Å². The summed E-state index contributed by atoms with van der Waals surface area (Å²) in [7, 11) is -4.24. The number of rotatable bonds is 5. The van der Waals surface area contributed by atoms with E-state index in [1.54, 1.807) is 13.8 Å². The molecule has 0 amide bonds. The van der Waals surface area contributed by atoms with Gasteiger partial charge in [-0.3, -0.25) is 0 Å². The van der Waals surface area contributed by atoms with Gasteiger partial charge in [-0.2, -0.15) is 0 Å². The Balaban J connectivity index is 3.17. The Labute approximate surface area is 116 Å². The zero-order valence-electron chi connectivity index (χ0n) is 10.4. The van der Waals surface area contributed by atoms with E-state index in [0.29, 0.717) is 6.07 Å². The van der Waals surface area contributed by atoms with Gasteiger partial charge in [-0.15, -0.1) is 0 Å². The Morgan fingerprint density at radius 2 is 1.95 bits per heavy atom. The summed E-state index contributed by atoms with van der Waals surface area (Å²) in [5, 5.41) is 0. The van der Waals surface area contributed by atoms with Crippen molar-refractivity contribution in [1.82, 2.24) is 4.72 Å². The normalized spacial score (nSPS) is 13.5. The van der Waals surface area contributed by atoms with Crippen LogP contribution in [0.25, 0.3) is 0 Å². The van der Waals surface area contributed by atoms with E-state index in [2.05, 4.69) is 4.72 Å². The van der Waals surface area contributed by atoms with Gasteiger partial charge in [0, 0.05) is 0 Å². The lowest BCUT2D eigenvalue weighted by Crippen LogP contribution is -2.46. The first kappa shape index (κ1) is 15.9. The van der Waals surface area contributed by atoms with Crippen LogP contribution in [-0.2, 0) is 10.0 Å². The van der Waals surface area contributed by atoms with Gasteiger partial charge in [-0.05, 0) is 24.1 Å². The molecule has 106 valence electrons. The lowest BCUT2D eigenvalue weighted by molar-refractivity contribution is 0.514. The van der Waals surface area contributed by atoms with E-state index in [9.17, 15) is 17.2 Å². The second-order valence-electron chi connectivity index (χ2n) is 4.32. The quantitative estimate of drug-likeness (QED) is 0.810. The van der Waals surface area contributed by atoms with Gasteiger partial charge in [0.1, 0.15) is 16.5 Å². The Morgan fingerprint density at radius 3 is 2.42 bits per heavy atom. The van der Waals surface area contributed by atoms with Crippen molar-refractivity contribution in [3.8, 4) is 0 Å². The number of thiocarbonyl (C=S) groups is 1. The molecule has 0 aliphatic rings. The molecule has 0 spiro atoms. The molecule has 1 unspecified atom stereocenters. The number of hydrogen-bond donors (Lipinski definition) is 2. The third kappa shape index (κ3) is 3.92. The molecule has 1 rings (SSSR count). The highest BCUT2D eigenvalue weighted by molar-refractivity contribution is 7.89. The Kier molecular flexibility index (Phi) is 4.94. The largest absolute Gasteiger partial charge is 0.392 e. The van der Waals surface area contributed by atoms with Crippen molar-refractivity contribution in [2.24, 2.45) is 11.7 Å². The molecule has 0 radical (unpaired) electrons. The second kappa shape index (κ2) is 5.89. The molecule has 0 heterocycles. The molecule has 0 saturated heterocycles. The summed E-state index contributed by atoms with van der Waals surface area (Å²) in [4.78, 5) is -0.829. The van der Waals surface area contributed by atoms with Gasteiger partial charge in [0.05, 0.1) is 11.0 Å². The molecule has 1 aromatic rings. The summed E-state index contributed by atoms with van der Waals surface area (Å²) in [6.45, 7) is 3.41. The SMILES string of the molecule is CC(C)C(NS(=O)(=O)c1cc(F)ccc1F)C(N)=S. The maximum atomic E-state index is 13.5. The van der Waals surface area contributed by atoms with Gasteiger partial charge in [-0.1, -0.05) is 26.1 Å². The van der Waals surface area contributed by atoms with E-state index in [-0.39, 0.29) is 10.9 Å². The molecule has 0 saturated carbocycles. The highest BCUT2D eigenvalue weighted by Gasteiger charge is 2.27. The maximum Gasteiger partial charge on any atom is 0.244 e. The average Bonchev–Trinajstić information content (AvgIpc) is 2.28. The van der Waals surface area contributed by atoms with Crippen LogP contribution in [0.4, 0.5) is 8.78 Å². The van der Waals surface area contributed by atoms with Crippen LogP contribution in [0.5, 0.6) is 0 Å². The zero-order chi connectivity index (χ0) is 14.8. The first-order valence-electron chi connectivity index (χ1n) is 5.42. The molecule has 0 aromatic heterocycles. The average molecular weight is 308 g/mol. The van der Waals surface area contributed by atoms with Crippen molar-refractivity contribution in [3.05, 3.63) is 29.8 Å². The first-order chi connectivity index (χ1) is 8.65. The number of sulfonamides is 1. The predicted molar refractivity (Wildman–Crippen MR) is 72.1 cm³/mol. The topological polar surface area (TPSA) is 72.2 Å². The lowest BCUT2D eigenvalue weighted by Gasteiger charge is -2.21. The van der Waals surface area contributed by atoms with Crippen molar-refractivity contribution in [3.63, 3.8) is 0 Å². The minimum atomic E-state index is -4.24. The second-order valence-corrected chi connectivity index (χ2v) is 6.47. The fourth-order valence-corrected chi connectivity index (χ4v) is 3.30. The number of hydrogen-bond acceptors (Lipinski definition) is 3. The summed E-state index contributed by atoms with van der Waals surface area (Å²) >= 11 is 4.75. The van der Waals surface area contributed by atoms with Gasteiger partial charge >= 0.3 is 0 Å². The molecule has 1 aromatic carbocycles. The lowest BCUT2D eigenvalue weighted by atomic mass is 10.1. The number of nitrogens with two attached hydrogens (primary N) is 1. The van der Waals surface area contributed by atoms with Gasteiger partial charge in [-0.25, -0.2) is 21.9 Å². The predicted octanol–water partition coefficient (Wildman–Crippen LogP) is 1.55. The van der Waals surface area contributed by atoms with E-state index in [0.717, 1.165) is 12.1 Å². The molecule has 0 aliphatic heterocycles. The maximum absolute atomic E-state index is 13.5. The number of benzene rings is 1. The Bertz CT molecular complexity index is 588. The van der Waals surface area contributed by atoms with E-state index in [4.69, 9.17) is 18.0 Å². The first-order valence-corrected chi connectivity index (χ1v) is 7.31. The van der Waals surface area contributed by atoms with E-state index in [1.807, 2.05) is 0 Å². The number of halogens is 2. The molecule has 19 heavy (non-hydrogen) atoms. The summed E-state index contributed by atoms with van der Waals surface area (Å²) in [5.74, 6) is -2.11. The van der Waals surface area contributed by atoms with Crippen molar-refractivity contribution >= 4 is 27.2 Å². The molecule has 0 aliphatic carbocycles. The summed E-state index contributed by atoms with van der Waals surface area (Å²) in [6.07, 6.45) is 0. The zero-order valence-corrected chi connectivity index (χ0v) is 12.0. The van der Waals surface area contributed by atoms with Gasteiger partial charge in [0.25, 0.3) is 0 Å². The Hall–Kier alpha value is -1.12. The fourth-order valence-electron chi connectivity index (χ4n) is 1.44. The van der Waals surface area contributed by atoms with Crippen LogP contribution in [-0.4, -0.2) is 19.4 Å². The number of nitrogens with one attached hydrogen (secondary N) is 1. The van der Waals surface area contributed by atoms with Crippen LogP contribution in [0.1, 0.15) is 13.8 Å². The van der Waals surface area contributed by atoms with Crippen molar-refractivity contribution in [2.75, 3.05) is 0 Å². The van der Waals surface area contributed by atoms with Gasteiger partial charge < -0.3 is 5.73 Å². The standard InChI is InChI=1S/C11H14F2N2O2S2/c1-6(2)10(11(14)18)15-19(16,17)9-5-7(12)3-4-8(9)13/h3-6,10,15H,1-2H3,(H2,14,18). The molecule has 0 bridgehead atoms. The summed E-state index contributed by atoms with van der Waals surface area (Å²) < 4.78 is 52.6. The smallest absolute Gasteiger partial charge is 0.244 e. The summed E-state index contributed by atoms with van der Waals surface area (Å²) in [5.41, 5.74) is 5.43. The van der Waals surface area contributed by atoms with Crippen molar-refractivity contribution in [1.29, 1.82) is 0 Å². The van der Waals surface area contributed by atoms with Gasteiger partial charge in [0.2, 0.25) is 10.0 Å². The fraction of sp³-hybridized carbons (Fsp3) is 0.364. The molecule has 4 nitrogen and oxygen atoms in total. The van der Waals surface area contributed by atoms with Crippen LogP contribution in [0, 0.1) is 17.6 Å². The van der Waals surface area contributed by atoms with E-state index < -0.39 is 32.6 Å². The molecular formula is C11H14F2N2O2S2. The molecule has 0 fully saturated rings. The highest BCUT2D eigenvalue weighted by atomic mass is 32.2. The third-order valence-corrected chi connectivity index (χ3v) is 4.15. The third-order valence-electron chi connectivity index (χ3n) is 2.44. The summed E-state index contributed by atoms with van der Waals surface area (Å²) in [6, 6.07) is 1.36. The Morgan fingerprint density at radius 1 is 1.37 bits per heavy atom. The van der Waals surface area contributed by atoms with Crippen molar-refractivity contribution in [2.45, 2.75) is 24.8 Å². The van der Waals surface area contributed by atoms with Crippen molar-refractivity contribution < 1.29 is 17.2 Å².